The molecule has 6 heteroatoms. The number of para-hydroxylation sites is 2. The third-order valence-corrected chi connectivity index (χ3v) is 5.19. The smallest absolute Gasteiger partial charge is 0.223 e. The third kappa shape index (κ3) is 3.36. The Labute approximate surface area is 153 Å². The molecule has 136 valence electrons. The lowest BCUT2D eigenvalue weighted by Crippen LogP contribution is -2.39. The van der Waals surface area contributed by atoms with E-state index < -0.39 is 0 Å². The van der Waals surface area contributed by atoms with Gasteiger partial charge in [0.2, 0.25) is 5.91 Å². The summed E-state index contributed by atoms with van der Waals surface area (Å²) < 4.78 is 2.10. The van der Waals surface area contributed by atoms with Crippen molar-refractivity contribution < 1.29 is 4.79 Å². The number of amides is 1. The average Bonchev–Trinajstić information content (AvgIpc) is 3.21. The number of aromatic amines is 1. The Kier molecular flexibility index (Phi) is 4.49. The molecule has 1 N–H and O–H groups in total. The number of rotatable bonds is 4. The largest absolute Gasteiger partial charge is 0.342 e. The van der Waals surface area contributed by atoms with Crippen LogP contribution < -0.4 is 0 Å². The van der Waals surface area contributed by atoms with Crippen LogP contribution in [-0.4, -0.2) is 43.4 Å². The molecule has 26 heavy (non-hydrogen) atoms. The van der Waals surface area contributed by atoms with E-state index in [0.29, 0.717) is 18.8 Å². The van der Waals surface area contributed by atoms with Crippen molar-refractivity contribution in [2.24, 2.45) is 7.05 Å². The van der Waals surface area contributed by atoms with Crippen molar-refractivity contribution in [1.82, 2.24) is 24.4 Å². The summed E-state index contributed by atoms with van der Waals surface area (Å²) in [6, 6.07) is 7.97. The standard InChI is InChI=1S/C20H25N5O/c1-14-12-24(2)20(21-14)15-6-5-11-25(13-15)19(26)10-9-18-22-16-7-3-4-8-17(16)23-18/h3-4,7-8,12,15H,5-6,9-11,13H2,1-2H3,(H,22,23)/t15-/m1/s1. The summed E-state index contributed by atoms with van der Waals surface area (Å²) in [4.78, 5) is 27.2. The molecule has 6 nitrogen and oxygen atoms in total. The number of hydrogen-bond donors (Lipinski definition) is 1. The molecular weight excluding hydrogens is 326 g/mol. The number of carbonyl (C=O) groups is 1. The first-order chi connectivity index (χ1) is 12.6. The maximum Gasteiger partial charge on any atom is 0.223 e. The fourth-order valence-corrected chi connectivity index (χ4v) is 3.94. The molecule has 0 bridgehead atoms. The minimum atomic E-state index is 0.209. The normalized spacial score (nSPS) is 17.8. The zero-order valence-electron chi connectivity index (χ0n) is 15.4. The minimum absolute atomic E-state index is 0.209. The van der Waals surface area contributed by atoms with Crippen molar-refractivity contribution in [3.8, 4) is 0 Å². The third-order valence-electron chi connectivity index (χ3n) is 5.19. The van der Waals surface area contributed by atoms with Crippen LogP contribution in [0.2, 0.25) is 0 Å². The maximum absolute atomic E-state index is 12.7. The predicted molar refractivity (Wildman–Crippen MR) is 101 cm³/mol. The second-order valence-corrected chi connectivity index (χ2v) is 7.23. The number of aromatic nitrogens is 4. The number of piperidine rings is 1. The van der Waals surface area contributed by atoms with Crippen molar-refractivity contribution in [2.75, 3.05) is 13.1 Å². The quantitative estimate of drug-likeness (QED) is 0.786. The van der Waals surface area contributed by atoms with Crippen LogP contribution in [0.3, 0.4) is 0 Å². The highest BCUT2D eigenvalue weighted by atomic mass is 16.2. The van der Waals surface area contributed by atoms with Crippen molar-refractivity contribution in [3.63, 3.8) is 0 Å². The van der Waals surface area contributed by atoms with E-state index in [9.17, 15) is 4.79 Å². The fraction of sp³-hybridized carbons (Fsp3) is 0.450. The number of nitrogens with one attached hydrogen (secondary N) is 1. The molecule has 0 saturated carbocycles. The molecule has 3 heterocycles. The van der Waals surface area contributed by atoms with Gasteiger partial charge in [-0.2, -0.15) is 0 Å². The van der Waals surface area contributed by atoms with Gasteiger partial charge in [0.1, 0.15) is 11.6 Å². The van der Waals surface area contributed by atoms with E-state index in [1.165, 1.54) is 0 Å². The number of hydrogen-bond acceptors (Lipinski definition) is 3. The number of aryl methyl sites for hydroxylation is 3. The first-order valence-electron chi connectivity index (χ1n) is 9.31. The second-order valence-electron chi connectivity index (χ2n) is 7.23. The number of fused-ring (bicyclic) bond motifs is 1. The molecule has 3 aromatic rings. The highest BCUT2D eigenvalue weighted by Gasteiger charge is 2.27. The molecule has 0 radical (unpaired) electrons. The average molecular weight is 351 g/mol. The zero-order valence-corrected chi connectivity index (χ0v) is 15.4. The van der Waals surface area contributed by atoms with Crippen LogP contribution in [0.4, 0.5) is 0 Å². The van der Waals surface area contributed by atoms with Crippen molar-refractivity contribution in [2.45, 2.75) is 38.5 Å². The SMILES string of the molecule is Cc1cn(C)c([C@@H]2CCCN(C(=O)CCc3nc4ccccc4[nH]3)C2)n1. The van der Waals surface area contributed by atoms with Gasteiger partial charge in [-0.05, 0) is 31.9 Å². The summed E-state index contributed by atoms with van der Waals surface area (Å²) in [5.41, 5.74) is 3.02. The van der Waals surface area contributed by atoms with Gasteiger partial charge in [-0.1, -0.05) is 12.1 Å². The Morgan fingerprint density at radius 3 is 2.92 bits per heavy atom. The molecule has 1 fully saturated rings. The van der Waals surface area contributed by atoms with Crippen molar-refractivity contribution >= 4 is 16.9 Å². The molecule has 0 spiro atoms. The molecule has 1 aliphatic heterocycles. The second kappa shape index (κ2) is 6.94. The van der Waals surface area contributed by atoms with Gasteiger partial charge in [0.25, 0.3) is 0 Å². The Hall–Kier alpha value is -2.63. The number of H-pyrrole nitrogens is 1. The Balaban J connectivity index is 1.38. The number of carbonyl (C=O) groups excluding carboxylic acids is 1. The Morgan fingerprint density at radius 1 is 1.31 bits per heavy atom. The van der Waals surface area contributed by atoms with E-state index in [-0.39, 0.29) is 5.91 Å². The molecule has 4 rings (SSSR count). The van der Waals surface area contributed by atoms with Gasteiger partial charge in [-0.25, -0.2) is 9.97 Å². The van der Waals surface area contributed by atoms with Gasteiger partial charge >= 0.3 is 0 Å². The van der Waals surface area contributed by atoms with Crippen molar-refractivity contribution in [1.29, 1.82) is 0 Å². The number of imidazole rings is 2. The molecule has 0 unspecified atom stereocenters. The first-order valence-corrected chi connectivity index (χ1v) is 9.31. The Morgan fingerprint density at radius 2 is 2.15 bits per heavy atom. The van der Waals surface area contributed by atoms with Crippen LogP contribution in [0.5, 0.6) is 0 Å². The van der Waals surface area contributed by atoms with Gasteiger partial charge in [0, 0.05) is 45.1 Å². The van der Waals surface area contributed by atoms with Gasteiger partial charge in [-0.3, -0.25) is 4.79 Å². The molecule has 0 aliphatic carbocycles. The lowest BCUT2D eigenvalue weighted by molar-refractivity contribution is -0.132. The van der Waals surface area contributed by atoms with Crippen LogP contribution in [0.1, 0.15) is 42.5 Å². The van der Waals surface area contributed by atoms with Crippen LogP contribution in [-0.2, 0) is 18.3 Å². The monoisotopic (exact) mass is 351 g/mol. The lowest BCUT2D eigenvalue weighted by atomic mass is 9.96. The summed E-state index contributed by atoms with van der Waals surface area (Å²) in [6.07, 6.45) is 5.32. The van der Waals surface area contributed by atoms with E-state index >= 15 is 0 Å². The van der Waals surface area contributed by atoms with E-state index in [1.54, 1.807) is 0 Å². The van der Waals surface area contributed by atoms with Crippen LogP contribution in [0.15, 0.2) is 30.5 Å². The van der Waals surface area contributed by atoms with Gasteiger partial charge in [0.15, 0.2) is 0 Å². The predicted octanol–water partition coefficient (Wildman–Crippen LogP) is 2.94. The summed E-state index contributed by atoms with van der Waals surface area (Å²) in [5, 5.41) is 0. The number of nitrogens with zero attached hydrogens (tertiary/aromatic N) is 4. The zero-order chi connectivity index (χ0) is 18.1. The topological polar surface area (TPSA) is 66.8 Å². The van der Waals surface area contributed by atoms with Gasteiger partial charge in [-0.15, -0.1) is 0 Å². The first kappa shape index (κ1) is 16.8. The molecule has 1 atom stereocenters. The minimum Gasteiger partial charge on any atom is -0.342 e. The summed E-state index contributed by atoms with van der Waals surface area (Å²) in [7, 11) is 2.04. The fourth-order valence-electron chi connectivity index (χ4n) is 3.94. The van der Waals surface area contributed by atoms with Crippen LogP contribution in [0.25, 0.3) is 11.0 Å². The van der Waals surface area contributed by atoms with Gasteiger partial charge in [0.05, 0.1) is 16.7 Å². The van der Waals surface area contributed by atoms with E-state index in [2.05, 4.69) is 25.7 Å². The highest BCUT2D eigenvalue weighted by molar-refractivity contribution is 5.77. The number of benzene rings is 1. The molecule has 1 aromatic carbocycles. The van der Waals surface area contributed by atoms with Gasteiger partial charge < -0.3 is 14.5 Å². The number of likely N-dealkylation sites (tertiary alicyclic amines) is 1. The maximum atomic E-state index is 12.7. The van der Waals surface area contributed by atoms with E-state index in [1.807, 2.05) is 43.1 Å². The molecular formula is C20H25N5O. The summed E-state index contributed by atoms with van der Waals surface area (Å²) in [5.74, 6) is 2.52. The van der Waals surface area contributed by atoms with Crippen LogP contribution >= 0.6 is 0 Å². The summed E-state index contributed by atoms with van der Waals surface area (Å²) >= 11 is 0. The molecule has 1 aliphatic rings. The van der Waals surface area contributed by atoms with Crippen LogP contribution in [0, 0.1) is 6.92 Å². The molecule has 2 aromatic heterocycles. The molecule has 1 amide bonds. The summed E-state index contributed by atoms with van der Waals surface area (Å²) in [6.45, 7) is 3.63. The Bertz CT molecular complexity index is 892. The highest BCUT2D eigenvalue weighted by Crippen LogP contribution is 2.26. The molecule has 1 saturated heterocycles. The van der Waals surface area contributed by atoms with E-state index in [0.717, 1.165) is 54.3 Å². The van der Waals surface area contributed by atoms with Crippen molar-refractivity contribution in [3.05, 3.63) is 47.8 Å². The van der Waals surface area contributed by atoms with E-state index in [4.69, 9.17) is 0 Å². The lowest BCUT2D eigenvalue weighted by Gasteiger charge is -2.32.